The van der Waals surface area contributed by atoms with E-state index < -0.39 is 17.6 Å². The average molecular weight is 314 g/mol. The number of halogens is 1. The van der Waals surface area contributed by atoms with Crippen molar-refractivity contribution in [2.75, 3.05) is 0 Å². The van der Waals surface area contributed by atoms with Gasteiger partial charge in [-0.1, -0.05) is 47.5 Å². The van der Waals surface area contributed by atoms with Gasteiger partial charge in [0.1, 0.15) is 0 Å². The molecule has 2 aromatic carbocycles. The smallest absolute Gasteiger partial charge is 0.293 e. The monoisotopic (exact) mass is 313 g/mol. The van der Waals surface area contributed by atoms with Gasteiger partial charge in [0, 0.05) is 10.6 Å². The molecule has 1 heterocycles. The number of benzene rings is 2. The van der Waals surface area contributed by atoms with E-state index in [0.717, 1.165) is 16.7 Å². The van der Waals surface area contributed by atoms with Gasteiger partial charge in [0.25, 0.3) is 11.8 Å². The standard InChI is InChI=1S/C17H12ClNO3/c1-9-2-7-13(18)12(8-9)10-3-5-11(6-4-10)14-15(20)17(22)19-16(14)21/h2-8H,1H3,(H2,19,20,21,22). The lowest BCUT2D eigenvalue weighted by Crippen LogP contribution is -2.22. The summed E-state index contributed by atoms with van der Waals surface area (Å²) >= 11 is 6.20. The molecular weight excluding hydrogens is 302 g/mol. The molecule has 2 N–H and O–H groups in total. The summed E-state index contributed by atoms with van der Waals surface area (Å²) in [5, 5.41) is 12.4. The molecule has 0 saturated heterocycles. The van der Waals surface area contributed by atoms with Crippen molar-refractivity contribution in [1.82, 2.24) is 5.32 Å². The highest BCUT2D eigenvalue weighted by Gasteiger charge is 2.30. The highest BCUT2D eigenvalue weighted by Crippen LogP contribution is 2.31. The zero-order chi connectivity index (χ0) is 15.9. The Hall–Kier alpha value is -2.59. The van der Waals surface area contributed by atoms with Crippen molar-refractivity contribution in [3.63, 3.8) is 0 Å². The van der Waals surface area contributed by atoms with E-state index in [1.54, 1.807) is 24.3 Å². The Kier molecular flexibility index (Phi) is 3.47. The average Bonchev–Trinajstić information content (AvgIpc) is 2.75. The summed E-state index contributed by atoms with van der Waals surface area (Å²) in [4.78, 5) is 23.0. The molecule has 0 aliphatic carbocycles. The van der Waals surface area contributed by atoms with Gasteiger partial charge in [0.2, 0.25) is 0 Å². The summed E-state index contributed by atoms with van der Waals surface area (Å²) in [5.41, 5.74) is 3.34. The van der Waals surface area contributed by atoms with E-state index in [2.05, 4.69) is 5.32 Å². The van der Waals surface area contributed by atoms with E-state index >= 15 is 0 Å². The third kappa shape index (κ3) is 2.38. The summed E-state index contributed by atoms with van der Waals surface area (Å²) in [7, 11) is 0. The van der Waals surface area contributed by atoms with Crippen LogP contribution in [0.3, 0.4) is 0 Å². The Labute approximate surface area is 132 Å². The molecule has 1 aliphatic rings. The lowest BCUT2D eigenvalue weighted by Gasteiger charge is -2.07. The van der Waals surface area contributed by atoms with E-state index in [9.17, 15) is 14.7 Å². The minimum Gasteiger partial charge on any atom is -0.502 e. The highest BCUT2D eigenvalue weighted by atomic mass is 35.5. The normalized spacial score (nSPS) is 14.5. The Morgan fingerprint density at radius 2 is 1.59 bits per heavy atom. The number of aliphatic hydroxyl groups is 1. The van der Waals surface area contributed by atoms with Crippen molar-refractivity contribution < 1.29 is 14.7 Å². The molecule has 4 nitrogen and oxygen atoms in total. The van der Waals surface area contributed by atoms with Crippen LogP contribution in [0.1, 0.15) is 11.1 Å². The van der Waals surface area contributed by atoms with E-state index in [4.69, 9.17) is 11.6 Å². The van der Waals surface area contributed by atoms with Gasteiger partial charge in [-0.15, -0.1) is 0 Å². The quantitative estimate of drug-likeness (QED) is 0.836. The van der Waals surface area contributed by atoms with Crippen molar-refractivity contribution in [1.29, 1.82) is 0 Å². The predicted molar refractivity (Wildman–Crippen MR) is 84.3 cm³/mol. The molecule has 5 heteroatoms. The minimum atomic E-state index is -0.772. The van der Waals surface area contributed by atoms with Gasteiger partial charge in [0.05, 0.1) is 5.57 Å². The predicted octanol–water partition coefficient (Wildman–Crippen LogP) is 3.24. The maximum absolute atomic E-state index is 11.7. The van der Waals surface area contributed by atoms with Crippen LogP contribution in [0.15, 0.2) is 48.2 Å². The fourth-order valence-electron chi connectivity index (χ4n) is 2.39. The number of aliphatic hydroxyl groups excluding tert-OH is 1. The van der Waals surface area contributed by atoms with Gasteiger partial charge in [-0.05, 0) is 30.2 Å². The van der Waals surface area contributed by atoms with Gasteiger partial charge in [-0.3, -0.25) is 14.9 Å². The molecule has 110 valence electrons. The number of imide groups is 1. The third-order valence-corrected chi connectivity index (χ3v) is 3.84. The molecule has 0 aromatic heterocycles. The van der Waals surface area contributed by atoms with Crippen LogP contribution in [0.4, 0.5) is 0 Å². The number of hydrogen-bond acceptors (Lipinski definition) is 3. The molecule has 1 aliphatic heterocycles. The van der Waals surface area contributed by atoms with Crippen LogP contribution in [-0.4, -0.2) is 16.9 Å². The van der Waals surface area contributed by atoms with Crippen molar-refractivity contribution in [2.45, 2.75) is 6.92 Å². The van der Waals surface area contributed by atoms with Crippen molar-refractivity contribution in [2.24, 2.45) is 0 Å². The maximum atomic E-state index is 11.7. The molecule has 2 amide bonds. The van der Waals surface area contributed by atoms with Gasteiger partial charge in [-0.2, -0.15) is 0 Å². The number of amides is 2. The largest absolute Gasteiger partial charge is 0.502 e. The number of nitrogens with one attached hydrogen (secondary N) is 1. The first-order valence-corrected chi connectivity index (χ1v) is 7.01. The number of rotatable bonds is 2. The summed E-state index contributed by atoms with van der Waals surface area (Å²) in [6.45, 7) is 1.98. The van der Waals surface area contributed by atoms with Crippen LogP contribution in [0.5, 0.6) is 0 Å². The second-order valence-corrected chi connectivity index (χ2v) is 5.47. The Bertz CT molecular complexity index is 822. The first-order chi connectivity index (χ1) is 10.5. The molecule has 0 saturated carbocycles. The van der Waals surface area contributed by atoms with Gasteiger partial charge in [0.15, 0.2) is 5.76 Å². The molecule has 0 fully saturated rings. The summed E-state index contributed by atoms with van der Waals surface area (Å²) < 4.78 is 0. The van der Waals surface area contributed by atoms with Crippen LogP contribution in [-0.2, 0) is 9.59 Å². The minimum absolute atomic E-state index is 0.00751. The molecule has 0 atom stereocenters. The lowest BCUT2D eigenvalue weighted by molar-refractivity contribution is -0.124. The molecule has 3 rings (SSSR count). The maximum Gasteiger partial charge on any atom is 0.293 e. The van der Waals surface area contributed by atoms with Crippen molar-refractivity contribution >= 4 is 29.0 Å². The topological polar surface area (TPSA) is 66.4 Å². The highest BCUT2D eigenvalue weighted by molar-refractivity contribution is 6.35. The Balaban J connectivity index is 2.02. The van der Waals surface area contributed by atoms with Crippen molar-refractivity contribution in [3.05, 3.63) is 64.4 Å². The molecule has 0 radical (unpaired) electrons. The first-order valence-electron chi connectivity index (χ1n) is 6.63. The Morgan fingerprint density at radius 1 is 0.955 bits per heavy atom. The summed E-state index contributed by atoms with van der Waals surface area (Å²) in [5.74, 6) is -1.92. The zero-order valence-corrected chi connectivity index (χ0v) is 12.4. The molecule has 22 heavy (non-hydrogen) atoms. The lowest BCUT2D eigenvalue weighted by atomic mass is 9.99. The summed E-state index contributed by atoms with van der Waals surface area (Å²) in [6, 6.07) is 12.7. The zero-order valence-electron chi connectivity index (χ0n) is 11.7. The number of carbonyl (C=O) groups is 2. The van der Waals surface area contributed by atoms with Crippen molar-refractivity contribution in [3.8, 4) is 11.1 Å². The third-order valence-electron chi connectivity index (χ3n) is 3.51. The van der Waals surface area contributed by atoms with E-state index in [-0.39, 0.29) is 5.57 Å². The number of aryl methyl sites for hydroxylation is 1. The first kappa shape index (κ1) is 14.4. The van der Waals surface area contributed by atoms with Gasteiger partial charge >= 0.3 is 0 Å². The Morgan fingerprint density at radius 3 is 2.18 bits per heavy atom. The van der Waals surface area contributed by atoms with E-state index in [1.807, 2.05) is 25.1 Å². The molecule has 2 aromatic rings. The number of carbonyl (C=O) groups excluding carboxylic acids is 2. The second kappa shape index (κ2) is 5.31. The van der Waals surface area contributed by atoms with E-state index in [1.165, 1.54) is 0 Å². The van der Waals surface area contributed by atoms with Crippen LogP contribution >= 0.6 is 11.6 Å². The second-order valence-electron chi connectivity index (χ2n) is 5.07. The SMILES string of the molecule is Cc1ccc(Cl)c(-c2ccc(C3=C(O)C(=O)NC3=O)cc2)c1. The van der Waals surface area contributed by atoms with Gasteiger partial charge < -0.3 is 5.11 Å². The van der Waals surface area contributed by atoms with Gasteiger partial charge in [-0.25, -0.2) is 0 Å². The molecular formula is C17H12ClNO3. The van der Waals surface area contributed by atoms with Crippen LogP contribution in [0, 0.1) is 6.92 Å². The number of hydrogen-bond donors (Lipinski definition) is 2. The van der Waals surface area contributed by atoms with Crippen LogP contribution in [0.2, 0.25) is 5.02 Å². The van der Waals surface area contributed by atoms with Crippen LogP contribution < -0.4 is 5.32 Å². The molecule has 0 unspecified atom stereocenters. The molecule has 0 spiro atoms. The fourth-order valence-corrected chi connectivity index (χ4v) is 2.62. The van der Waals surface area contributed by atoms with Crippen LogP contribution in [0.25, 0.3) is 16.7 Å². The van der Waals surface area contributed by atoms with E-state index in [0.29, 0.717) is 10.6 Å². The molecule has 0 bridgehead atoms. The summed E-state index contributed by atoms with van der Waals surface area (Å²) in [6.07, 6.45) is 0. The fraction of sp³-hybridized carbons (Fsp3) is 0.0588.